The van der Waals surface area contributed by atoms with Gasteiger partial charge in [-0.2, -0.15) is 13.2 Å². The minimum atomic E-state index is -4.26. The number of alkyl halides is 3. The summed E-state index contributed by atoms with van der Waals surface area (Å²) in [5.74, 6) is 0.843. The van der Waals surface area contributed by atoms with E-state index in [1.807, 2.05) is 13.0 Å². The molecule has 1 N–H and O–H groups in total. The zero-order valence-electron chi connectivity index (χ0n) is 11.3. The molecule has 0 aromatic heterocycles. The van der Waals surface area contributed by atoms with Gasteiger partial charge in [-0.1, -0.05) is 6.92 Å². The maximum absolute atomic E-state index is 12.0. The van der Waals surface area contributed by atoms with Crippen molar-refractivity contribution in [2.75, 3.05) is 26.4 Å². The molecule has 0 amide bonds. The number of hydrogen-bond acceptors (Lipinski definition) is 3. The van der Waals surface area contributed by atoms with Crippen LogP contribution in [0.3, 0.4) is 0 Å². The van der Waals surface area contributed by atoms with Gasteiger partial charge in [0.1, 0.15) is 12.4 Å². The quantitative estimate of drug-likeness (QED) is 0.694. The zero-order chi connectivity index (χ0) is 14.1. The number of rotatable bonds is 8. The molecule has 0 fully saturated rings. The summed E-state index contributed by atoms with van der Waals surface area (Å²) < 4.78 is 46.1. The Bertz CT molecular complexity index is 280. The van der Waals surface area contributed by atoms with Gasteiger partial charge >= 0.3 is 6.18 Å². The smallest absolute Gasteiger partial charge is 0.411 e. The predicted molar refractivity (Wildman–Crippen MR) is 66.8 cm³/mol. The number of halogens is 3. The highest BCUT2D eigenvalue weighted by Gasteiger charge is 2.27. The number of ether oxygens (including phenoxy) is 2. The van der Waals surface area contributed by atoms with Crippen LogP contribution in [0.1, 0.15) is 32.6 Å². The number of allylic oxidation sites excluding steroid dienone is 1. The second kappa shape index (κ2) is 8.43. The number of hydrogen-bond donors (Lipinski definition) is 1. The van der Waals surface area contributed by atoms with Crippen LogP contribution in [0.5, 0.6) is 0 Å². The molecule has 1 heterocycles. The van der Waals surface area contributed by atoms with Crippen LogP contribution in [0.15, 0.2) is 11.8 Å². The van der Waals surface area contributed by atoms with Crippen LogP contribution in [-0.4, -0.2) is 38.6 Å². The Morgan fingerprint density at radius 1 is 1.47 bits per heavy atom. The molecule has 1 rings (SSSR count). The van der Waals surface area contributed by atoms with Crippen molar-refractivity contribution in [2.24, 2.45) is 0 Å². The van der Waals surface area contributed by atoms with Crippen LogP contribution in [0.2, 0.25) is 0 Å². The summed E-state index contributed by atoms with van der Waals surface area (Å²) in [4.78, 5) is 0. The molecule has 3 nitrogen and oxygen atoms in total. The molecule has 0 saturated carbocycles. The Balaban J connectivity index is 2.34. The minimum Gasteiger partial charge on any atom is -0.497 e. The standard InChI is InChI=1S/C13H22F3NO2/c1-2-7-17-11(12-5-3-4-8-19-12)6-9-18-10-13(14,15)16/h5,11,17H,2-4,6-10H2,1H3. The lowest BCUT2D eigenvalue weighted by Gasteiger charge is -2.24. The van der Waals surface area contributed by atoms with Crippen LogP contribution >= 0.6 is 0 Å². The molecule has 0 saturated heterocycles. The fourth-order valence-corrected chi connectivity index (χ4v) is 1.87. The molecule has 0 aromatic carbocycles. The third-order valence-corrected chi connectivity index (χ3v) is 2.76. The molecule has 19 heavy (non-hydrogen) atoms. The lowest BCUT2D eigenvalue weighted by atomic mass is 10.1. The molecule has 0 spiro atoms. The van der Waals surface area contributed by atoms with Crippen molar-refractivity contribution in [1.82, 2.24) is 5.32 Å². The Morgan fingerprint density at radius 2 is 2.26 bits per heavy atom. The van der Waals surface area contributed by atoms with Gasteiger partial charge < -0.3 is 14.8 Å². The minimum absolute atomic E-state index is 0.0477. The van der Waals surface area contributed by atoms with Crippen molar-refractivity contribution < 1.29 is 22.6 Å². The summed E-state index contributed by atoms with van der Waals surface area (Å²) in [6.07, 6.45) is 1.17. The monoisotopic (exact) mass is 281 g/mol. The topological polar surface area (TPSA) is 30.5 Å². The van der Waals surface area contributed by atoms with Gasteiger partial charge in [0.15, 0.2) is 0 Å². The van der Waals surface area contributed by atoms with Crippen molar-refractivity contribution in [3.05, 3.63) is 11.8 Å². The first-order chi connectivity index (χ1) is 9.03. The van der Waals surface area contributed by atoms with Gasteiger partial charge in [0.05, 0.1) is 12.6 Å². The van der Waals surface area contributed by atoms with E-state index in [1.165, 1.54) is 0 Å². The van der Waals surface area contributed by atoms with Gasteiger partial charge in [-0.05, 0) is 38.3 Å². The predicted octanol–water partition coefficient (Wildman–Crippen LogP) is 3.02. The van der Waals surface area contributed by atoms with Crippen LogP contribution in [0.4, 0.5) is 13.2 Å². The van der Waals surface area contributed by atoms with Crippen molar-refractivity contribution in [2.45, 2.75) is 44.8 Å². The first-order valence-corrected chi connectivity index (χ1v) is 6.73. The molecular weight excluding hydrogens is 259 g/mol. The third-order valence-electron chi connectivity index (χ3n) is 2.76. The summed E-state index contributed by atoms with van der Waals surface area (Å²) in [6.45, 7) is 2.42. The molecule has 0 aromatic rings. The summed E-state index contributed by atoms with van der Waals surface area (Å²) >= 11 is 0. The largest absolute Gasteiger partial charge is 0.497 e. The second-order valence-electron chi connectivity index (χ2n) is 4.56. The van der Waals surface area contributed by atoms with E-state index >= 15 is 0 Å². The Labute approximate surface area is 112 Å². The molecule has 0 aliphatic carbocycles. The van der Waals surface area contributed by atoms with Gasteiger partial charge in [-0.15, -0.1) is 0 Å². The highest BCUT2D eigenvalue weighted by Crippen LogP contribution is 2.18. The Morgan fingerprint density at radius 3 is 2.84 bits per heavy atom. The van der Waals surface area contributed by atoms with Gasteiger partial charge in [-0.3, -0.25) is 0 Å². The summed E-state index contributed by atoms with van der Waals surface area (Å²) in [5.41, 5.74) is 0. The van der Waals surface area contributed by atoms with Gasteiger partial charge in [0, 0.05) is 6.61 Å². The molecule has 112 valence electrons. The van der Waals surface area contributed by atoms with E-state index in [4.69, 9.17) is 4.74 Å². The molecule has 1 aliphatic rings. The van der Waals surface area contributed by atoms with Crippen molar-refractivity contribution in [3.8, 4) is 0 Å². The normalized spacial score (nSPS) is 17.8. The van der Waals surface area contributed by atoms with Crippen molar-refractivity contribution in [3.63, 3.8) is 0 Å². The summed E-state index contributed by atoms with van der Waals surface area (Å²) in [6, 6.07) is -0.0477. The van der Waals surface area contributed by atoms with E-state index in [9.17, 15) is 13.2 Å². The lowest BCUT2D eigenvalue weighted by molar-refractivity contribution is -0.174. The van der Waals surface area contributed by atoms with Gasteiger partial charge in [0.2, 0.25) is 0 Å². The number of nitrogens with one attached hydrogen (secondary N) is 1. The molecule has 1 atom stereocenters. The van der Waals surface area contributed by atoms with Crippen LogP contribution in [0, 0.1) is 0 Å². The molecule has 0 bridgehead atoms. The van der Waals surface area contributed by atoms with E-state index in [0.29, 0.717) is 13.0 Å². The maximum atomic E-state index is 12.0. The molecule has 1 aliphatic heterocycles. The SMILES string of the molecule is CCCNC(CCOCC(F)(F)F)C1=CCCCO1. The van der Waals surface area contributed by atoms with E-state index < -0.39 is 12.8 Å². The summed E-state index contributed by atoms with van der Waals surface area (Å²) in [5, 5.41) is 3.28. The van der Waals surface area contributed by atoms with E-state index in [0.717, 1.165) is 31.6 Å². The van der Waals surface area contributed by atoms with Crippen molar-refractivity contribution in [1.29, 1.82) is 0 Å². The maximum Gasteiger partial charge on any atom is 0.411 e. The van der Waals surface area contributed by atoms with Gasteiger partial charge in [-0.25, -0.2) is 0 Å². The molecule has 6 heteroatoms. The van der Waals surface area contributed by atoms with Gasteiger partial charge in [0.25, 0.3) is 0 Å². The zero-order valence-corrected chi connectivity index (χ0v) is 11.3. The molecule has 1 unspecified atom stereocenters. The first-order valence-electron chi connectivity index (χ1n) is 6.73. The highest BCUT2D eigenvalue weighted by atomic mass is 19.4. The third kappa shape index (κ3) is 7.42. The highest BCUT2D eigenvalue weighted by molar-refractivity contribution is 5.05. The van der Waals surface area contributed by atoms with Crippen molar-refractivity contribution >= 4 is 0 Å². The average Bonchev–Trinajstić information content (AvgIpc) is 2.38. The van der Waals surface area contributed by atoms with Crippen LogP contribution < -0.4 is 5.32 Å². The lowest BCUT2D eigenvalue weighted by Crippen LogP contribution is -2.35. The van der Waals surface area contributed by atoms with Crippen LogP contribution in [-0.2, 0) is 9.47 Å². The fraction of sp³-hybridized carbons (Fsp3) is 0.846. The van der Waals surface area contributed by atoms with E-state index in [1.54, 1.807) is 0 Å². The molecular formula is C13H22F3NO2. The fourth-order valence-electron chi connectivity index (χ4n) is 1.87. The molecule has 0 radical (unpaired) electrons. The second-order valence-corrected chi connectivity index (χ2v) is 4.56. The summed E-state index contributed by atoms with van der Waals surface area (Å²) in [7, 11) is 0. The Hall–Kier alpha value is -0.750. The average molecular weight is 281 g/mol. The van der Waals surface area contributed by atoms with E-state index in [2.05, 4.69) is 10.1 Å². The Kier molecular flexibility index (Phi) is 7.23. The van der Waals surface area contributed by atoms with Crippen LogP contribution in [0.25, 0.3) is 0 Å². The first kappa shape index (κ1) is 16.3. The van der Waals surface area contributed by atoms with E-state index in [-0.39, 0.29) is 12.6 Å².